The number of nitrogen functional groups attached to an aromatic ring is 1. The van der Waals surface area contributed by atoms with Crippen molar-refractivity contribution in [2.24, 2.45) is 5.92 Å². The Labute approximate surface area is 210 Å². The number of aromatic nitrogens is 2. The minimum atomic E-state index is -0.181. The van der Waals surface area contributed by atoms with Crippen LogP contribution in [0.15, 0.2) is 36.4 Å². The molecule has 8 nitrogen and oxygen atoms in total. The van der Waals surface area contributed by atoms with E-state index in [-0.39, 0.29) is 11.8 Å². The van der Waals surface area contributed by atoms with E-state index in [0.717, 1.165) is 18.4 Å². The lowest BCUT2D eigenvalue weighted by atomic mass is 9.72. The van der Waals surface area contributed by atoms with Gasteiger partial charge >= 0.3 is 0 Å². The molecular weight excluding hydrogens is 466 g/mol. The molecule has 1 atom stereocenters. The van der Waals surface area contributed by atoms with E-state index in [4.69, 9.17) is 31.8 Å². The van der Waals surface area contributed by atoms with Crippen molar-refractivity contribution >= 4 is 40.2 Å². The van der Waals surface area contributed by atoms with E-state index in [1.54, 1.807) is 20.3 Å². The van der Waals surface area contributed by atoms with Gasteiger partial charge in [-0.15, -0.1) is 0 Å². The maximum absolute atomic E-state index is 13.7. The highest BCUT2D eigenvalue weighted by Crippen LogP contribution is 2.42. The number of hydrogen-bond acceptors (Lipinski definition) is 7. The van der Waals surface area contributed by atoms with Crippen molar-refractivity contribution in [1.29, 1.82) is 0 Å². The molecule has 1 aromatic heterocycles. The van der Waals surface area contributed by atoms with Gasteiger partial charge < -0.3 is 25.0 Å². The number of piperazine rings is 1. The summed E-state index contributed by atoms with van der Waals surface area (Å²) in [5.41, 5.74) is 7.91. The zero-order valence-electron chi connectivity index (χ0n) is 20.0. The van der Waals surface area contributed by atoms with Gasteiger partial charge in [0.05, 0.1) is 25.7 Å². The average Bonchev–Trinajstić information content (AvgIpc) is 2.85. The van der Waals surface area contributed by atoms with Gasteiger partial charge in [-0.1, -0.05) is 36.2 Å². The molecule has 1 amide bonds. The predicted octanol–water partition coefficient (Wildman–Crippen LogP) is 4.12. The number of amides is 1. The molecule has 2 heterocycles. The fraction of sp³-hybridized carbons (Fsp3) is 0.423. The normalized spacial score (nSPS) is 17.2. The number of carbonyl (C=O) groups excluding carboxylic acids is 1. The first-order valence-electron chi connectivity index (χ1n) is 12.0. The molecule has 3 aromatic rings. The van der Waals surface area contributed by atoms with Crippen molar-refractivity contribution in [2.75, 3.05) is 51.0 Å². The molecular formula is C26H30ClN5O3. The third kappa shape index (κ3) is 4.43. The fourth-order valence-electron chi connectivity index (χ4n) is 5.02. The third-order valence-corrected chi connectivity index (χ3v) is 7.56. The van der Waals surface area contributed by atoms with Crippen LogP contribution in [0.3, 0.4) is 0 Å². The van der Waals surface area contributed by atoms with Crippen LogP contribution in [0.25, 0.3) is 10.9 Å². The van der Waals surface area contributed by atoms with E-state index in [2.05, 4.69) is 9.88 Å². The molecule has 2 fully saturated rings. The first-order chi connectivity index (χ1) is 17.0. The standard InChI is InChI=1S/C26H30ClN5O3/c1-34-21-14-18-20(15-22(21)35-2)29-26(30-24(18)28)32-12-10-31(11-13-32)25(33)23(16-6-5-7-16)17-8-3-4-9-19(17)27/h3-4,8-9,14-16,23H,5-7,10-13H2,1-2H3,(H2,28,29,30). The Morgan fingerprint density at radius 2 is 1.74 bits per heavy atom. The van der Waals surface area contributed by atoms with Crippen LogP contribution in [-0.4, -0.2) is 61.2 Å². The summed E-state index contributed by atoms with van der Waals surface area (Å²) < 4.78 is 10.8. The lowest BCUT2D eigenvalue weighted by Crippen LogP contribution is -2.51. The maximum atomic E-state index is 13.7. The molecule has 1 aliphatic carbocycles. The van der Waals surface area contributed by atoms with Crippen molar-refractivity contribution in [3.05, 3.63) is 47.0 Å². The van der Waals surface area contributed by atoms with E-state index in [0.29, 0.717) is 71.3 Å². The second-order valence-electron chi connectivity index (χ2n) is 9.14. The molecule has 2 aromatic carbocycles. The summed E-state index contributed by atoms with van der Waals surface area (Å²) in [4.78, 5) is 27.0. The molecule has 2 N–H and O–H groups in total. The summed E-state index contributed by atoms with van der Waals surface area (Å²) in [5, 5.41) is 1.38. The number of methoxy groups -OCH3 is 2. The Morgan fingerprint density at radius 3 is 2.37 bits per heavy atom. The summed E-state index contributed by atoms with van der Waals surface area (Å²) >= 11 is 6.51. The maximum Gasteiger partial charge on any atom is 0.230 e. The Bertz CT molecular complexity index is 1240. The molecule has 35 heavy (non-hydrogen) atoms. The molecule has 0 bridgehead atoms. The quantitative estimate of drug-likeness (QED) is 0.549. The topological polar surface area (TPSA) is 93.8 Å². The van der Waals surface area contributed by atoms with Gasteiger partial charge in [0, 0.05) is 42.7 Å². The number of nitrogens with zero attached hydrogens (tertiary/aromatic N) is 4. The number of carbonyl (C=O) groups is 1. The third-order valence-electron chi connectivity index (χ3n) is 7.22. The number of benzene rings is 2. The van der Waals surface area contributed by atoms with Crippen molar-refractivity contribution in [3.8, 4) is 11.5 Å². The zero-order chi connectivity index (χ0) is 24.5. The van der Waals surface area contributed by atoms with E-state index < -0.39 is 0 Å². The van der Waals surface area contributed by atoms with Crippen LogP contribution in [0, 0.1) is 5.92 Å². The van der Waals surface area contributed by atoms with Crippen LogP contribution in [0.5, 0.6) is 11.5 Å². The lowest BCUT2D eigenvalue weighted by Gasteiger charge is -2.40. The van der Waals surface area contributed by atoms with Gasteiger partial charge in [-0.3, -0.25) is 4.79 Å². The largest absolute Gasteiger partial charge is 0.493 e. The van der Waals surface area contributed by atoms with Gasteiger partial charge in [-0.05, 0) is 36.5 Å². The zero-order valence-corrected chi connectivity index (χ0v) is 20.8. The molecule has 0 radical (unpaired) electrons. The Kier molecular flexibility index (Phi) is 6.56. The first-order valence-corrected chi connectivity index (χ1v) is 12.4. The predicted molar refractivity (Wildman–Crippen MR) is 137 cm³/mol. The molecule has 5 rings (SSSR count). The molecule has 2 aliphatic rings. The van der Waals surface area contributed by atoms with E-state index in [9.17, 15) is 4.79 Å². The van der Waals surface area contributed by atoms with Gasteiger partial charge in [0.15, 0.2) is 11.5 Å². The summed E-state index contributed by atoms with van der Waals surface area (Å²) in [5.74, 6) is 2.44. The monoisotopic (exact) mass is 495 g/mol. The molecule has 1 aliphatic heterocycles. The van der Waals surface area contributed by atoms with Crippen molar-refractivity contribution in [3.63, 3.8) is 0 Å². The number of halogens is 1. The number of ether oxygens (including phenoxy) is 2. The number of fused-ring (bicyclic) bond motifs is 1. The Hall–Kier alpha value is -3.26. The Morgan fingerprint density at radius 1 is 1.06 bits per heavy atom. The fourth-order valence-corrected chi connectivity index (χ4v) is 5.27. The highest BCUT2D eigenvalue weighted by Gasteiger charge is 2.38. The number of hydrogen-bond donors (Lipinski definition) is 1. The molecule has 1 saturated heterocycles. The molecule has 184 valence electrons. The van der Waals surface area contributed by atoms with Crippen molar-refractivity contribution < 1.29 is 14.3 Å². The van der Waals surface area contributed by atoms with E-state index >= 15 is 0 Å². The molecule has 9 heteroatoms. The van der Waals surface area contributed by atoms with Gasteiger partial charge in [0.1, 0.15) is 5.82 Å². The summed E-state index contributed by atoms with van der Waals surface area (Å²) in [7, 11) is 3.17. The van der Waals surface area contributed by atoms with E-state index in [1.165, 1.54) is 6.42 Å². The van der Waals surface area contributed by atoms with Crippen LogP contribution >= 0.6 is 11.6 Å². The first kappa shape index (κ1) is 23.5. The minimum absolute atomic E-state index is 0.165. The number of nitrogens with two attached hydrogens (primary N) is 1. The molecule has 1 unspecified atom stereocenters. The lowest BCUT2D eigenvalue weighted by molar-refractivity contribution is -0.135. The van der Waals surface area contributed by atoms with Gasteiger partial charge in [-0.25, -0.2) is 4.98 Å². The molecule has 1 saturated carbocycles. The smallest absolute Gasteiger partial charge is 0.230 e. The van der Waals surface area contributed by atoms with Crippen LogP contribution < -0.4 is 20.1 Å². The average molecular weight is 496 g/mol. The Balaban J connectivity index is 1.34. The summed E-state index contributed by atoms with van der Waals surface area (Å²) in [6.45, 7) is 2.45. The number of rotatable bonds is 6. The highest BCUT2D eigenvalue weighted by atomic mass is 35.5. The minimum Gasteiger partial charge on any atom is -0.493 e. The second kappa shape index (κ2) is 9.77. The van der Waals surface area contributed by atoms with Gasteiger partial charge in [0.2, 0.25) is 11.9 Å². The summed E-state index contributed by atoms with van der Waals surface area (Å²) in [6, 6.07) is 11.3. The van der Waals surface area contributed by atoms with Crippen LogP contribution in [0.2, 0.25) is 5.02 Å². The number of anilines is 2. The van der Waals surface area contributed by atoms with Gasteiger partial charge in [-0.2, -0.15) is 4.98 Å². The highest BCUT2D eigenvalue weighted by molar-refractivity contribution is 6.31. The van der Waals surface area contributed by atoms with Crippen molar-refractivity contribution in [2.45, 2.75) is 25.2 Å². The molecule has 0 spiro atoms. The van der Waals surface area contributed by atoms with E-state index in [1.807, 2.05) is 35.2 Å². The van der Waals surface area contributed by atoms with Crippen molar-refractivity contribution in [1.82, 2.24) is 14.9 Å². The second-order valence-corrected chi connectivity index (χ2v) is 9.54. The van der Waals surface area contributed by atoms with Crippen LogP contribution in [-0.2, 0) is 4.79 Å². The SMILES string of the molecule is COc1cc2nc(N3CCN(C(=O)C(c4ccccc4Cl)C4CCC4)CC3)nc(N)c2cc1OC. The van der Waals surface area contributed by atoms with Gasteiger partial charge in [0.25, 0.3) is 0 Å². The van der Waals surface area contributed by atoms with Crippen LogP contribution in [0.1, 0.15) is 30.7 Å². The van der Waals surface area contributed by atoms with Crippen LogP contribution in [0.4, 0.5) is 11.8 Å². The summed E-state index contributed by atoms with van der Waals surface area (Å²) in [6.07, 6.45) is 3.31.